The molecule has 3 aromatic heterocycles. The van der Waals surface area contributed by atoms with Crippen LogP contribution in [0.2, 0.25) is 0 Å². The molecular formula is C26H23N5O2. The highest BCUT2D eigenvalue weighted by atomic mass is 16.2. The van der Waals surface area contributed by atoms with Gasteiger partial charge in [-0.3, -0.25) is 9.59 Å². The number of rotatable bonds is 5. The number of pyridine rings is 1. The van der Waals surface area contributed by atoms with E-state index >= 15 is 0 Å². The highest BCUT2D eigenvalue weighted by molar-refractivity contribution is 6.17. The van der Waals surface area contributed by atoms with Gasteiger partial charge >= 0.3 is 0 Å². The van der Waals surface area contributed by atoms with Crippen LogP contribution in [0.15, 0.2) is 60.9 Å². The molecule has 2 aliphatic carbocycles. The van der Waals surface area contributed by atoms with E-state index in [-0.39, 0.29) is 23.7 Å². The molecule has 33 heavy (non-hydrogen) atoms. The zero-order valence-corrected chi connectivity index (χ0v) is 18.3. The third-order valence-electron chi connectivity index (χ3n) is 6.23. The summed E-state index contributed by atoms with van der Waals surface area (Å²) in [5.74, 6) is -0.0298. The van der Waals surface area contributed by atoms with E-state index in [2.05, 4.69) is 16.1 Å². The Morgan fingerprint density at radius 1 is 0.909 bits per heavy atom. The summed E-state index contributed by atoms with van der Waals surface area (Å²) in [4.78, 5) is 36.7. The van der Waals surface area contributed by atoms with Crippen molar-refractivity contribution < 1.29 is 9.59 Å². The first-order valence-electron chi connectivity index (χ1n) is 11.3. The lowest BCUT2D eigenvalue weighted by Gasteiger charge is -2.20. The van der Waals surface area contributed by atoms with Crippen LogP contribution in [0.3, 0.4) is 0 Å². The van der Waals surface area contributed by atoms with E-state index < -0.39 is 0 Å². The van der Waals surface area contributed by atoms with E-state index in [1.54, 1.807) is 16.9 Å². The number of aromatic nitrogens is 4. The van der Waals surface area contributed by atoms with Crippen molar-refractivity contribution in [3.05, 3.63) is 66.5 Å². The van der Waals surface area contributed by atoms with Crippen molar-refractivity contribution in [2.45, 2.75) is 32.6 Å². The second-order valence-corrected chi connectivity index (χ2v) is 8.94. The minimum atomic E-state index is -0.133. The number of aryl methyl sites for hydroxylation is 1. The smallest absolute Gasteiger partial charge is 0.238 e. The largest absolute Gasteiger partial charge is 0.274 e. The molecule has 7 nitrogen and oxygen atoms in total. The van der Waals surface area contributed by atoms with Gasteiger partial charge in [0.1, 0.15) is 11.5 Å². The molecule has 1 aromatic carbocycles. The van der Waals surface area contributed by atoms with Crippen molar-refractivity contribution in [3.63, 3.8) is 0 Å². The fraction of sp³-hybridized carbons (Fsp3) is 0.269. The third-order valence-corrected chi connectivity index (χ3v) is 6.23. The van der Waals surface area contributed by atoms with Gasteiger partial charge in [0, 0.05) is 35.4 Å². The molecule has 0 unspecified atom stereocenters. The molecule has 7 heteroatoms. The normalized spacial score (nSPS) is 15.5. The van der Waals surface area contributed by atoms with E-state index in [1.165, 1.54) is 4.90 Å². The van der Waals surface area contributed by atoms with Crippen molar-refractivity contribution in [2.24, 2.45) is 11.8 Å². The molecule has 0 atom stereocenters. The van der Waals surface area contributed by atoms with Crippen LogP contribution < -0.4 is 4.90 Å². The molecule has 0 N–H and O–H groups in total. The van der Waals surface area contributed by atoms with Gasteiger partial charge in [-0.2, -0.15) is 5.10 Å². The SMILES string of the molecule is Cc1cccc(-c2nc3cccnn3c2-c2ccnc(N(C(=O)C3CC3)C(=O)C3CC3)c2)c1. The molecule has 0 saturated heterocycles. The number of benzene rings is 1. The van der Waals surface area contributed by atoms with Crippen LogP contribution in [-0.4, -0.2) is 31.4 Å². The number of imidazole rings is 1. The molecule has 0 bridgehead atoms. The van der Waals surface area contributed by atoms with Gasteiger partial charge < -0.3 is 0 Å². The Kier molecular flexibility index (Phi) is 4.57. The van der Waals surface area contributed by atoms with Crippen molar-refractivity contribution in [3.8, 4) is 22.5 Å². The van der Waals surface area contributed by atoms with Crippen molar-refractivity contribution in [1.29, 1.82) is 0 Å². The topological polar surface area (TPSA) is 80.5 Å². The molecule has 2 saturated carbocycles. The summed E-state index contributed by atoms with van der Waals surface area (Å²) in [5, 5.41) is 4.53. The zero-order chi connectivity index (χ0) is 22.5. The summed E-state index contributed by atoms with van der Waals surface area (Å²) in [6.45, 7) is 2.05. The molecule has 164 valence electrons. The molecule has 2 fully saturated rings. The predicted octanol–water partition coefficient (Wildman–Crippen LogP) is 4.45. The number of hydrogen-bond donors (Lipinski definition) is 0. The van der Waals surface area contributed by atoms with Gasteiger partial charge in [-0.05, 0) is 62.9 Å². The lowest BCUT2D eigenvalue weighted by atomic mass is 10.0. The number of carbonyl (C=O) groups excluding carboxylic acids is 2. The molecule has 0 spiro atoms. The molecule has 2 amide bonds. The van der Waals surface area contributed by atoms with Gasteiger partial charge in [0.05, 0.1) is 5.69 Å². The summed E-state index contributed by atoms with van der Waals surface area (Å²) < 4.78 is 1.80. The number of nitrogens with zero attached hydrogens (tertiary/aromatic N) is 5. The summed E-state index contributed by atoms with van der Waals surface area (Å²) in [6, 6.07) is 15.6. The Morgan fingerprint density at radius 2 is 1.67 bits per heavy atom. The molecule has 0 radical (unpaired) electrons. The van der Waals surface area contributed by atoms with Gasteiger partial charge in [-0.15, -0.1) is 0 Å². The molecule has 0 aliphatic heterocycles. The quantitative estimate of drug-likeness (QED) is 0.431. The molecular weight excluding hydrogens is 414 g/mol. The third kappa shape index (κ3) is 3.59. The summed E-state index contributed by atoms with van der Waals surface area (Å²) in [7, 11) is 0. The van der Waals surface area contributed by atoms with Crippen molar-refractivity contribution in [1.82, 2.24) is 19.6 Å². The standard InChI is InChI=1S/C26H23N5O2/c1-16-4-2-5-19(14-16)23-24(31-21(29-23)6-3-12-28-31)20-11-13-27-22(15-20)30(25(32)17-7-8-17)26(33)18-9-10-18/h2-6,11-15,17-18H,7-10H2,1H3. The Balaban J connectivity index is 1.51. The number of hydrogen-bond acceptors (Lipinski definition) is 5. The maximum Gasteiger partial charge on any atom is 0.238 e. The van der Waals surface area contributed by atoms with Crippen LogP contribution in [-0.2, 0) is 9.59 Å². The van der Waals surface area contributed by atoms with Crippen LogP contribution in [0.5, 0.6) is 0 Å². The first kappa shape index (κ1) is 19.8. The number of fused-ring (bicyclic) bond motifs is 1. The highest BCUT2D eigenvalue weighted by Gasteiger charge is 2.42. The predicted molar refractivity (Wildman–Crippen MR) is 124 cm³/mol. The zero-order valence-electron chi connectivity index (χ0n) is 18.3. The van der Waals surface area contributed by atoms with Crippen LogP contribution in [0, 0.1) is 18.8 Å². The van der Waals surface area contributed by atoms with Gasteiger partial charge in [0.25, 0.3) is 0 Å². The molecule has 3 heterocycles. The highest BCUT2D eigenvalue weighted by Crippen LogP contribution is 2.39. The number of imide groups is 1. The van der Waals surface area contributed by atoms with Gasteiger partial charge in [-0.25, -0.2) is 19.4 Å². The van der Waals surface area contributed by atoms with E-state index in [0.29, 0.717) is 5.82 Å². The summed E-state index contributed by atoms with van der Waals surface area (Å²) >= 11 is 0. The number of amides is 2. The van der Waals surface area contributed by atoms with Crippen LogP contribution >= 0.6 is 0 Å². The maximum absolute atomic E-state index is 13.1. The molecule has 4 aromatic rings. The first-order valence-corrected chi connectivity index (χ1v) is 11.3. The fourth-order valence-electron chi connectivity index (χ4n) is 4.19. The van der Waals surface area contributed by atoms with Crippen molar-refractivity contribution in [2.75, 3.05) is 4.90 Å². The Bertz CT molecular complexity index is 1380. The van der Waals surface area contributed by atoms with Crippen LogP contribution in [0.4, 0.5) is 5.82 Å². The Morgan fingerprint density at radius 3 is 2.36 bits per heavy atom. The average Bonchev–Trinajstić information content (AvgIpc) is 3.74. The van der Waals surface area contributed by atoms with E-state index in [0.717, 1.165) is 59.4 Å². The summed E-state index contributed by atoms with van der Waals surface area (Å²) in [5.41, 5.74) is 5.24. The van der Waals surface area contributed by atoms with Crippen LogP contribution in [0.25, 0.3) is 28.2 Å². The minimum absolute atomic E-state index is 0.0709. The Hall–Kier alpha value is -3.87. The minimum Gasteiger partial charge on any atom is -0.274 e. The molecule has 2 aliphatic rings. The van der Waals surface area contributed by atoms with Crippen molar-refractivity contribution >= 4 is 23.3 Å². The maximum atomic E-state index is 13.1. The number of anilines is 1. The summed E-state index contributed by atoms with van der Waals surface area (Å²) in [6.07, 6.45) is 6.72. The van der Waals surface area contributed by atoms with E-state index in [4.69, 9.17) is 4.98 Å². The van der Waals surface area contributed by atoms with E-state index in [1.807, 2.05) is 49.4 Å². The second kappa shape index (κ2) is 7.62. The van der Waals surface area contributed by atoms with E-state index in [9.17, 15) is 9.59 Å². The molecule has 6 rings (SSSR count). The van der Waals surface area contributed by atoms with Gasteiger partial charge in [0.2, 0.25) is 11.8 Å². The Labute approximate surface area is 191 Å². The second-order valence-electron chi connectivity index (χ2n) is 8.94. The first-order chi connectivity index (χ1) is 16.1. The van der Waals surface area contributed by atoms with Gasteiger partial charge in [-0.1, -0.05) is 23.8 Å². The lowest BCUT2D eigenvalue weighted by Crippen LogP contribution is -2.39. The lowest BCUT2D eigenvalue weighted by molar-refractivity contribution is -0.127. The van der Waals surface area contributed by atoms with Gasteiger partial charge in [0.15, 0.2) is 5.65 Å². The monoisotopic (exact) mass is 437 g/mol. The van der Waals surface area contributed by atoms with Crippen LogP contribution in [0.1, 0.15) is 31.2 Å². The number of carbonyl (C=O) groups is 2. The fourth-order valence-corrected chi connectivity index (χ4v) is 4.19. The average molecular weight is 438 g/mol.